The van der Waals surface area contributed by atoms with Crippen LogP contribution in [0, 0.1) is 0 Å². The zero-order valence-electron chi connectivity index (χ0n) is 27.4. The summed E-state index contributed by atoms with van der Waals surface area (Å²) in [5.74, 6) is -1.65. The van der Waals surface area contributed by atoms with Gasteiger partial charge in [-0.3, -0.25) is 15.1 Å². The van der Waals surface area contributed by atoms with Gasteiger partial charge in [-0.1, -0.05) is 78.9 Å². The molecule has 6 rings (SSSR count). The summed E-state index contributed by atoms with van der Waals surface area (Å²) in [7, 11) is 0. The molecule has 51 heavy (non-hydrogen) atoms. The third-order valence-corrected chi connectivity index (χ3v) is 8.08. The largest absolute Gasteiger partial charge is 0.478 e. The second kappa shape index (κ2) is 16.1. The molecule has 0 aliphatic rings. The van der Waals surface area contributed by atoms with E-state index >= 15 is 0 Å². The van der Waals surface area contributed by atoms with Crippen molar-refractivity contribution in [2.45, 2.75) is 19.4 Å². The van der Waals surface area contributed by atoms with E-state index in [0.717, 1.165) is 22.3 Å². The number of carboxylic acid groups (broad SMARTS) is 2. The molecule has 0 aliphatic carbocycles. The van der Waals surface area contributed by atoms with Crippen molar-refractivity contribution in [2.75, 3.05) is 10.8 Å². The maximum atomic E-state index is 13.2. The lowest BCUT2D eigenvalue weighted by atomic mass is 9.98. The van der Waals surface area contributed by atoms with E-state index < -0.39 is 17.8 Å². The van der Waals surface area contributed by atoms with Crippen molar-refractivity contribution in [3.8, 4) is 11.5 Å². The molecule has 0 bridgehead atoms. The number of carbonyl (C=O) groups is 3. The number of anilines is 2. The average Bonchev–Trinajstić information content (AvgIpc) is 3.14. The molecule has 0 radical (unpaired) electrons. The van der Waals surface area contributed by atoms with Gasteiger partial charge >= 0.3 is 11.9 Å². The van der Waals surface area contributed by atoms with E-state index in [1.165, 1.54) is 6.07 Å². The van der Waals surface area contributed by atoms with Gasteiger partial charge in [-0.2, -0.15) is 0 Å². The highest BCUT2D eigenvalue weighted by Crippen LogP contribution is 2.26. The molecule has 9 nitrogen and oxygen atoms in total. The SMILES string of the molecule is O=C(O)c1ccc(Cc2ccccc2)cc1CONc1ccc(Oc2ccc(NC(=O)c3cc(Cc4ccccc4)ccc3C(=O)O)cc2)cc1. The van der Waals surface area contributed by atoms with Crippen LogP contribution in [0.4, 0.5) is 11.4 Å². The van der Waals surface area contributed by atoms with Gasteiger partial charge in [0.2, 0.25) is 0 Å². The van der Waals surface area contributed by atoms with E-state index in [-0.39, 0.29) is 23.3 Å². The first-order valence-corrected chi connectivity index (χ1v) is 16.2. The Labute approximate surface area is 294 Å². The molecule has 0 atom stereocenters. The van der Waals surface area contributed by atoms with Gasteiger partial charge in [0.15, 0.2) is 0 Å². The van der Waals surface area contributed by atoms with Crippen LogP contribution < -0.4 is 15.5 Å². The summed E-state index contributed by atoms with van der Waals surface area (Å²) in [6.07, 6.45) is 1.24. The molecule has 4 N–H and O–H groups in total. The standard InChI is InChI=1S/C42H34N2O7/c45-40(39-26-31(12-22-38(39)42(48)49)24-29-9-5-2-6-10-29)43-33-13-17-35(18-14-33)51-36-19-15-34(16-20-36)44-50-27-32-25-30(11-21-37(32)41(46)47)23-28-7-3-1-4-8-28/h1-22,25-26,44H,23-24,27H2,(H,43,45)(H,46,47)(H,48,49). The van der Waals surface area contributed by atoms with Crippen molar-refractivity contribution in [1.29, 1.82) is 0 Å². The molecular formula is C42H34N2O7. The van der Waals surface area contributed by atoms with E-state index in [2.05, 4.69) is 10.8 Å². The Hall–Kier alpha value is -6.71. The Morgan fingerprint density at radius 1 is 0.510 bits per heavy atom. The number of hydrogen-bond donors (Lipinski definition) is 4. The molecule has 254 valence electrons. The summed E-state index contributed by atoms with van der Waals surface area (Å²) in [4.78, 5) is 42.5. The van der Waals surface area contributed by atoms with Crippen LogP contribution in [0.2, 0.25) is 0 Å². The third-order valence-electron chi connectivity index (χ3n) is 8.08. The smallest absolute Gasteiger partial charge is 0.336 e. The average molecular weight is 679 g/mol. The first-order chi connectivity index (χ1) is 24.8. The van der Waals surface area contributed by atoms with E-state index in [0.29, 0.717) is 41.3 Å². The summed E-state index contributed by atoms with van der Waals surface area (Å²) < 4.78 is 5.95. The molecule has 6 aromatic rings. The normalized spacial score (nSPS) is 10.7. The minimum absolute atomic E-state index is 0.0438. The fourth-order valence-corrected chi connectivity index (χ4v) is 5.55. The minimum Gasteiger partial charge on any atom is -0.478 e. The number of hydrogen-bond acceptors (Lipinski definition) is 6. The number of ether oxygens (including phenoxy) is 1. The Morgan fingerprint density at radius 3 is 1.57 bits per heavy atom. The number of aromatic carboxylic acids is 2. The second-order valence-electron chi connectivity index (χ2n) is 11.8. The molecule has 9 heteroatoms. The third kappa shape index (κ3) is 9.26. The number of amides is 1. The Kier molecular flexibility index (Phi) is 10.8. The van der Waals surface area contributed by atoms with Crippen LogP contribution in [0.5, 0.6) is 11.5 Å². The van der Waals surface area contributed by atoms with Crippen molar-refractivity contribution < 1.29 is 34.2 Å². The fraction of sp³-hybridized carbons (Fsp3) is 0.0714. The van der Waals surface area contributed by atoms with Crippen LogP contribution >= 0.6 is 0 Å². The number of carbonyl (C=O) groups excluding carboxylic acids is 1. The lowest BCUT2D eigenvalue weighted by Crippen LogP contribution is -2.17. The van der Waals surface area contributed by atoms with Gasteiger partial charge in [-0.15, -0.1) is 0 Å². The number of carboxylic acids is 2. The highest BCUT2D eigenvalue weighted by atomic mass is 16.6. The summed E-state index contributed by atoms with van der Waals surface area (Å²) >= 11 is 0. The number of nitrogens with one attached hydrogen (secondary N) is 2. The predicted octanol–water partition coefficient (Wildman–Crippen LogP) is 8.85. The van der Waals surface area contributed by atoms with Crippen LogP contribution in [-0.4, -0.2) is 28.1 Å². The second-order valence-corrected chi connectivity index (χ2v) is 11.8. The maximum absolute atomic E-state index is 13.2. The molecule has 0 spiro atoms. The monoisotopic (exact) mass is 678 g/mol. The zero-order valence-corrected chi connectivity index (χ0v) is 27.4. The highest BCUT2D eigenvalue weighted by Gasteiger charge is 2.18. The lowest BCUT2D eigenvalue weighted by molar-refractivity contribution is 0.0682. The van der Waals surface area contributed by atoms with E-state index in [9.17, 15) is 24.6 Å². The number of benzene rings is 6. The van der Waals surface area contributed by atoms with Crippen molar-refractivity contribution >= 4 is 29.2 Å². The number of rotatable bonds is 14. The Bertz CT molecular complexity index is 2130. The van der Waals surface area contributed by atoms with E-state index in [4.69, 9.17) is 9.57 Å². The van der Waals surface area contributed by atoms with Gasteiger partial charge in [0.05, 0.1) is 22.4 Å². The molecule has 0 aromatic heterocycles. The summed E-state index contributed by atoms with van der Waals surface area (Å²) in [5.41, 5.74) is 8.71. The zero-order chi connectivity index (χ0) is 35.6. The van der Waals surface area contributed by atoms with E-state index in [1.807, 2.05) is 72.8 Å². The van der Waals surface area contributed by atoms with Gasteiger partial charge in [0.1, 0.15) is 18.1 Å². The molecule has 0 fully saturated rings. The molecule has 0 saturated carbocycles. The summed E-state index contributed by atoms with van der Waals surface area (Å²) in [5, 5.41) is 22.1. The van der Waals surface area contributed by atoms with Crippen molar-refractivity contribution in [2.24, 2.45) is 0 Å². The minimum atomic E-state index is -1.18. The summed E-state index contributed by atoms with van der Waals surface area (Å²) in [6.45, 7) is 0.0438. The first kappa shape index (κ1) is 34.2. The van der Waals surface area contributed by atoms with Crippen LogP contribution in [0.25, 0.3) is 0 Å². The highest BCUT2D eigenvalue weighted by molar-refractivity contribution is 6.10. The lowest BCUT2D eigenvalue weighted by Gasteiger charge is -2.12. The Balaban J connectivity index is 1.03. The van der Waals surface area contributed by atoms with Gasteiger partial charge in [-0.05, 0) is 107 Å². The summed E-state index contributed by atoms with van der Waals surface area (Å²) in [6, 6.07) is 43.5. The van der Waals surface area contributed by atoms with Gasteiger partial charge in [-0.25, -0.2) is 9.59 Å². The topological polar surface area (TPSA) is 134 Å². The Morgan fingerprint density at radius 2 is 1.02 bits per heavy atom. The van der Waals surface area contributed by atoms with Gasteiger partial charge in [0, 0.05) is 5.69 Å². The molecular weight excluding hydrogens is 644 g/mol. The van der Waals surface area contributed by atoms with Crippen molar-refractivity contribution in [3.63, 3.8) is 0 Å². The van der Waals surface area contributed by atoms with Crippen LogP contribution in [0.1, 0.15) is 58.9 Å². The molecule has 0 heterocycles. The molecule has 0 saturated heterocycles. The quantitative estimate of drug-likeness (QED) is 0.0840. The van der Waals surface area contributed by atoms with Gasteiger partial charge < -0.3 is 20.3 Å². The van der Waals surface area contributed by atoms with Crippen LogP contribution in [0.3, 0.4) is 0 Å². The first-order valence-electron chi connectivity index (χ1n) is 16.2. The molecule has 6 aromatic carbocycles. The predicted molar refractivity (Wildman–Crippen MR) is 195 cm³/mol. The van der Waals surface area contributed by atoms with Crippen LogP contribution in [-0.2, 0) is 24.3 Å². The molecule has 0 unspecified atom stereocenters. The van der Waals surface area contributed by atoms with Crippen molar-refractivity contribution in [1.82, 2.24) is 0 Å². The van der Waals surface area contributed by atoms with Crippen LogP contribution in [0.15, 0.2) is 146 Å². The van der Waals surface area contributed by atoms with E-state index in [1.54, 1.807) is 66.7 Å². The maximum Gasteiger partial charge on any atom is 0.336 e. The fourth-order valence-electron chi connectivity index (χ4n) is 5.55. The van der Waals surface area contributed by atoms with Gasteiger partial charge in [0.25, 0.3) is 5.91 Å². The van der Waals surface area contributed by atoms with Crippen molar-refractivity contribution in [3.05, 3.63) is 190 Å². The molecule has 1 amide bonds. The molecule has 0 aliphatic heterocycles.